The number of nitrogens with zero attached hydrogens (tertiary/aromatic N) is 1. The van der Waals surface area contributed by atoms with Gasteiger partial charge in [0.2, 0.25) is 0 Å². The average Bonchev–Trinajstić information content (AvgIpc) is 3.75. The molecule has 0 fully saturated rings. The summed E-state index contributed by atoms with van der Waals surface area (Å²) in [7, 11) is 0. The Kier molecular flexibility index (Phi) is 9.20. The third-order valence-electron chi connectivity index (χ3n) is 12.6. The lowest BCUT2D eigenvalue weighted by Gasteiger charge is -2.29. The molecule has 300 valence electrons. The Labute approximate surface area is 372 Å². The molecule has 64 heavy (non-hydrogen) atoms. The summed E-state index contributed by atoms with van der Waals surface area (Å²) in [5.41, 5.74) is 16.7. The second kappa shape index (κ2) is 15.8. The zero-order chi connectivity index (χ0) is 42.4. The largest absolute Gasteiger partial charge is 0.456 e. The summed E-state index contributed by atoms with van der Waals surface area (Å²) in [5.74, 6) is 0. The maximum absolute atomic E-state index is 6.23. The van der Waals surface area contributed by atoms with Crippen molar-refractivity contribution in [2.45, 2.75) is 0 Å². The molecule has 0 unspecified atom stereocenters. The van der Waals surface area contributed by atoms with Gasteiger partial charge in [-0.3, -0.25) is 0 Å². The number of hydrogen-bond donors (Lipinski definition) is 0. The van der Waals surface area contributed by atoms with Crippen LogP contribution in [0.4, 0.5) is 17.1 Å². The molecule has 11 aromatic carbocycles. The highest BCUT2D eigenvalue weighted by Gasteiger charge is 2.20. The van der Waals surface area contributed by atoms with Gasteiger partial charge in [-0.05, 0) is 138 Å². The molecular formula is C62H41NO. The highest BCUT2D eigenvalue weighted by atomic mass is 16.3. The Morgan fingerprint density at radius 2 is 0.750 bits per heavy atom. The maximum Gasteiger partial charge on any atom is 0.135 e. The highest BCUT2D eigenvalue weighted by Crippen LogP contribution is 2.45. The second-order valence-electron chi connectivity index (χ2n) is 16.5. The molecule has 1 heterocycles. The van der Waals surface area contributed by atoms with E-state index in [-0.39, 0.29) is 0 Å². The van der Waals surface area contributed by atoms with Crippen molar-refractivity contribution in [3.8, 4) is 55.6 Å². The molecule has 12 aromatic rings. The number of fused-ring (bicyclic) bond motifs is 5. The third-order valence-corrected chi connectivity index (χ3v) is 12.6. The van der Waals surface area contributed by atoms with Gasteiger partial charge >= 0.3 is 0 Å². The van der Waals surface area contributed by atoms with Crippen LogP contribution in [-0.4, -0.2) is 0 Å². The molecule has 0 bridgehead atoms. The number of para-hydroxylation sites is 1. The van der Waals surface area contributed by atoms with Gasteiger partial charge in [-0.15, -0.1) is 0 Å². The minimum absolute atomic E-state index is 0.892. The monoisotopic (exact) mass is 815 g/mol. The van der Waals surface area contributed by atoms with E-state index in [2.05, 4.69) is 241 Å². The van der Waals surface area contributed by atoms with Crippen LogP contribution >= 0.6 is 0 Å². The molecule has 2 nitrogen and oxygen atoms in total. The number of hydrogen-bond acceptors (Lipinski definition) is 2. The van der Waals surface area contributed by atoms with E-state index in [1.54, 1.807) is 0 Å². The molecule has 0 aliphatic heterocycles. The van der Waals surface area contributed by atoms with Crippen molar-refractivity contribution in [1.82, 2.24) is 0 Å². The standard InChI is InChI=1S/C62H41NO/c1-2-14-45(15-3-1)57-34-30-54(52-27-25-43-13-5-7-17-47(43)38-52)41-60(57)63(56-21-11-20-50(39-56)53-31-35-62-59(40-53)58-22-8-9-23-61(58)64-62)55-32-28-44(29-33-55)48-18-10-19-49(36-48)51-26-24-42-12-4-6-16-46(42)37-51/h1-41H. The van der Waals surface area contributed by atoms with Gasteiger partial charge in [0.1, 0.15) is 11.2 Å². The van der Waals surface area contributed by atoms with Crippen LogP contribution in [0.5, 0.6) is 0 Å². The lowest BCUT2D eigenvalue weighted by atomic mass is 9.95. The normalized spacial score (nSPS) is 11.4. The summed E-state index contributed by atoms with van der Waals surface area (Å²) in [6.07, 6.45) is 0. The predicted octanol–water partition coefficient (Wildman–Crippen LogP) is 17.7. The Hall–Kier alpha value is -8.46. The number of benzene rings is 11. The van der Waals surface area contributed by atoms with Crippen LogP contribution in [0.15, 0.2) is 253 Å². The van der Waals surface area contributed by atoms with Crippen molar-refractivity contribution in [2.75, 3.05) is 4.90 Å². The van der Waals surface area contributed by atoms with Crippen molar-refractivity contribution in [2.24, 2.45) is 0 Å². The van der Waals surface area contributed by atoms with Gasteiger partial charge < -0.3 is 9.32 Å². The Bertz CT molecular complexity index is 3670. The van der Waals surface area contributed by atoms with Crippen molar-refractivity contribution in [3.05, 3.63) is 249 Å². The molecule has 0 spiro atoms. The molecule has 1 aromatic heterocycles. The lowest BCUT2D eigenvalue weighted by molar-refractivity contribution is 0.669. The summed E-state index contributed by atoms with van der Waals surface area (Å²) in [6.45, 7) is 0. The molecule has 0 N–H and O–H groups in total. The van der Waals surface area contributed by atoms with E-state index >= 15 is 0 Å². The van der Waals surface area contributed by atoms with Crippen molar-refractivity contribution in [3.63, 3.8) is 0 Å². The third kappa shape index (κ3) is 6.88. The van der Waals surface area contributed by atoms with E-state index in [1.165, 1.54) is 43.8 Å². The van der Waals surface area contributed by atoms with E-state index in [0.717, 1.165) is 72.4 Å². The van der Waals surface area contributed by atoms with E-state index in [9.17, 15) is 0 Å². The molecule has 0 radical (unpaired) electrons. The van der Waals surface area contributed by atoms with Crippen molar-refractivity contribution in [1.29, 1.82) is 0 Å². The minimum Gasteiger partial charge on any atom is -0.456 e. The maximum atomic E-state index is 6.23. The van der Waals surface area contributed by atoms with Gasteiger partial charge in [0.05, 0.1) is 5.69 Å². The van der Waals surface area contributed by atoms with Crippen LogP contribution in [0.3, 0.4) is 0 Å². The Morgan fingerprint density at radius 3 is 1.48 bits per heavy atom. The van der Waals surface area contributed by atoms with Gasteiger partial charge in [0.25, 0.3) is 0 Å². The summed E-state index contributed by atoms with van der Waals surface area (Å²) in [5, 5.41) is 7.19. The van der Waals surface area contributed by atoms with E-state index in [4.69, 9.17) is 4.42 Å². The van der Waals surface area contributed by atoms with Gasteiger partial charge in [-0.1, -0.05) is 182 Å². The summed E-state index contributed by atoms with van der Waals surface area (Å²) in [6, 6.07) is 90.0. The number of anilines is 3. The Morgan fingerprint density at radius 1 is 0.250 bits per heavy atom. The molecule has 0 saturated carbocycles. The van der Waals surface area contributed by atoms with E-state index < -0.39 is 0 Å². The highest BCUT2D eigenvalue weighted by molar-refractivity contribution is 6.06. The van der Waals surface area contributed by atoms with Crippen molar-refractivity contribution >= 4 is 60.5 Å². The minimum atomic E-state index is 0.892. The van der Waals surface area contributed by atoms with Crippen LogP contribution in [0, 0.1) is 0 Å². The zero-order valence-electron chi connectivity index (χ0n) is 35.0. The smallest absolute Gasteiger partial charge is 0.135 e. The Balaban J connectivity index is 1.01. The molecule has 12 rings (SSSR count). The fourth-order valence-corrected chi connectivity index (χ4v) is 9.33. The van der Waals surface area contributed by atoms with Gasteiger partial charge in [-0.25, -0.2) is 0 Å². The molecule has 0 atom stereocenters. The fourth-order valence-electron chi connectivity index (χ4n) is 9.33. The SMILES string of the molecule is c1ccc(-c2ccc(-c3ccc4ccccc4c3)cc2N(c2ccc(-c3cccc(-c4ccc5ccccc5c4)c3)cc2)c2cccc(-c3ccc4oc5ccccc5c4c3)c2)cc1. The first-order chi connectivity index (χ1) is 31.7. The van der Waals surface area contributed by atoms with Crippen LogP contribution in [0.25, 0.3) is 99.1 Å². The first kappa shape index (κ1) is 37.3. The van der Waals surface area contributed by atoms with Crippen LogP contribution < -0.4 is 4.90 Å². The average molecular weight is 816 g/mol. The fraction of sp³-hybridized carbons (Fsp3) is 0. The quantitative estimate of drug-likeness (QED) is 0.152. The molecule has 0 amide bonds. The summed E-state index contributed by atoms with van der Waals surface area (Å²) < 4.78 is 6.23. The van der Waals surface area contributed by atoms with Crippen LogP contribution in [-0.2, 0) is 0 Å². The second-order valence-corrected chi connectivity index (χ2v) is 16.5. The van der Waals surface area contributed by atoms with E-state index in [1.807, 2.05) is 12.1 Å². The van der Waals surface area contributed by atoms with Gasteiger partial charge in [0, 0.05) is 27.7 Å². The number of furan rings is 1. The van der Waals surface area contributed by atoms with Gasteiger partial charge in [-0.2, -0.15) is 0 Å². The molecule has 0 aliphatic carbocycles. The molecule has 2 heteroatoms. The predicted molar refractivity (Wildman–Crippen MR) is 271 cm³/mol. The number of rotatable bonds is 8. The first-order valence-corrected chi connectivity index (χ1v) is 21.9. The summed E-state index contributed by atoms with van der Waals surface area (Å²) in [4.78, 5) is 2.43. The lowest BCUT2D eigenvalue weighted by Crippen LogP contribution is -2.11. The topological polar surface area (TPSA) is 16.4 Å². The molecule has 0 saturated heterocycles. The van der Waals surface area contributed by atoms with Crippen LogP contribution in [0.1, 0.15) is 0 Å². The zero-order valence-corrected chi connectivity index (χ0v) is 35.0. The first-order valence-electron chi connectivity index (χ1n) is 21.9. The summed E-state index contributed by atoms with van der Waals surface area (Å²) >= 11 is 0. The van der Waals surface area contributed by atoms with Gasteiger partial charge in [0.15, 0.2) is 0 Å². The van der Waals surface area contributed by atoms with Crippen molar-refractivity contribution < 1.29 is 4.42 Å². The molecule has 0 aliphatic rings. The molecular weight excluding hydrogens is 775 g/mol. The van der Waals surface area contributed by atoms with E-state index in [0.29, 0.717) is 0 Å². The van der Waals surface area contributed by atoms with Crippen LogP contribution in [0.2, 0.25) is 0 Å².